The highest BCUT2D eigenvalue weighted by Gasteiger charge is 2.45. The van der Waals surface area contributed by atoms with E-state index in [9.17, 15) is 32.7 Å². The van der Waals surface area contributed by atoms with Gasteiger partial charge >= 0.3 is 12.1 Å². The fourth-order valence-corrected chi connectivity index (χ4v) is 6.99. The summed E-state index contributed by atoms with van der Waals surface area (Å²) in [5.41, 5.74) is -1.78. The lowest BCUT2D eigenvalue weighted by molar-refractivity contribution is -0.149. The number of rotatable bonds is 8. The average Bonchev–Trinajstić information content (AvgIpc) is 3.27. The normalized spacial score (nSPS) is 22.9. The molecular weight excluding hydrogens is 570 g/mol. The fraction of sp³-hybridized carbons (Fsp3) is 0.571. The van der Waals surface area contributed by atoms with E-state index >= 15 is 0 Å². The van der Waals surface area contributed by atoms with Crippen molar-refractivity contribution in [3.63, 3.8) is 0 Å². The molecule has 218 valence electrons. The Balaban J connectivity index is 1.66. The first-order valence-electron chi connectivity index (χ1n) is 13.2. The average molecular weight is 602 g/mol. The zero-order chi connectivity index (χ0) is 29.6. The molecule has 7 nitrogen and oxygen atoms in total. The predicted octanol–water partition coefficient (Wildman–Crippen LogP) is 7.03. The third kappa shape index (κ3) is 6.33. The molecule has 1 N–H and O–H groups in total. The van der Waals surface area contributed by atoms with E-state index in [1.807, 2.05) is 0 Å². The third-order valence-corrected chi connectivity index (χ3v) is 8.75. The topological polar surface area (TPSA) is 92.5 Å². The summed E-state index contributed by atoms with van der Waals surface area (Å²) in [7, 11) is 0. The Morgan fingerprint density at radius 2 is 1.77 bits per heavy atom. The fourth-order valence-electron chi connectivity index (χ4n) is 6.39. The third-order valence-electron chi connectivity index (χ3n) is 8.12. The molecule has 2 saturated carbocycles. The van der Waals surface area contributed by atoms with Gasteiger partial charge in [-0.2, -0.15) is 18.3 Å². The summed E-state index contributed by atoms with van der Waals surface area (Å²) in [4.78, 5) is 39.7. The number of nitrogens with zero attached hydrogens (tertiary/aromatic N) is 3. The van der Waals surface area contributed by atoms with Crippen molar-refractivity contribution in [2.45, 2.75) is 65.1 Å². The molecule has 0 spiro atoms. The summed E-state index contributed by atoms with van der Waals surface area (Å²) in [6, 6.07) is 3.81. The van der Waals surface area contributed by atoms with Gasteiger partial charge < -0.3 is 10.0 Å². The summed E-state index contributed by atoms with van der Waals surface area (Å²) in [6.07, 6.45) is -1.91. The summed E-state index contributed by atoms with van der Waals surface area (Å²) in [5.74, 6) is -3.50. The number of benzene rings is 1. The monoisotopic (exact) mass is 601 g/mol. The number of Topliss-reactive ketones (excluding diaryl/α,β-unsaturated/α-hetero) is 1. The molecule has 1 aromatic heterocycles. The minimum atomic E-state index is -4.91. The lowest BCUT2D eigenvalue weighted by Gasteiger charge is -2.44. The van der Waals surface area contributed by atoms with E-state index in [0.29, 0.717) is 0 Å². The number of carboxylic acids is 1. The van der Waals surface area contributed by atoms with Crippen molar-refractivity contribution in [1.29, 1.82) is 0 Å². The van der Waals surface area contributed by atoms with Crippen molar-refractivity contribution in [1.82, 2.24) is 14.7 Å². The predicted molar refractivity (Wildman–Crippen MR) is 144 cm³/mol. The van der Waals surface area contributed by atoms with Crippen molar-refractivity contribution < 1.29 is 32.7 Å². The molecule has 1 aromatic carbocycles. The standard InChI is InChI=1S/C28H32Cl2F3N3O4/c1-15-9-17(7-8-18(15)26(39)40)36-24(28(31,32)33)19(12-34-36)25(38)35(13-16-10-27(2,3)11-16)14-22(37)23-20(29)5-4-6-21(23)30/h4-6,12,15-18H,7-11,13-14H2,1-3H3,(H,39,40)/t15-,17+,18+/m1/s1. The molecule has 2 aliphatic carbocycles. The summed E-state index contributed by atoms with van der Waals surface area (Å²) < 4.78 is 44.2. The highest BCUT2D eigenvalue weighted by atomic mass is 35.5. The van der Waals surface area contributed by atoms with Crippen LogP contribution >= 0.6 is 23.2 Å². The molecule has 3 atom stereocenters. The van der Waals surface area contributed by atoms with Gasteiger partial charge in [0, 0.05) is 6.54 Å². The lowest BCUT2D eigenvalue weighted by Crippen LogP contribution is -2.45. The Morgan fingerprint density at radius 3 is 2.30 bits per heavy atom. The lowest BCUT2D eigenvalue weighted by atomic mass is 9.64. The molecule has 0 aliphatic heterocycles. The van der Waals surface area contributed by atoms with Crippen molar-refractivity contribution in [3.05, 3.63) is 51.3 Å². The van der Waals surface area contributed by atoms with Crippen LogP contribution in [0, 0.1) is 23.2 Å². The van der Waals surface area contributed by atoms with Crippen LogP contribution in [-0.4, -0.2) is 50.5 Å². The van der Waals surface area contributed by atoms with E-state index in [-0.39, 0.29) is 58.7 Å². The molecule has 4 rings (SSSR count). The second kappa shape index (κ2) is 11.4. The number of hydrogen-bond donors (Lipinski definition) is 1. The molecule has 1 amide bonds. The number of carbonyl (C=O) groups excluding carboxylic acids is 2. The number of halogens is 5. The first kappa shape index (κ1) is 30.4. The van der Waals surface area contributed by atoms with Gasteiger partial charge in [0.25, 0.3) is 5.91 Å². The minimum Gasteiger partial charge on any atom is -0.481 e. The van der Waals surface area contributed by atoms with Crippen LogP contribution in [0.1, 0.15) is 85.3 Å². The maximum absolute atomic E-state index is 14.5. The highest BCUT2D eigenvalue weighted by Crippen LogP contribution is 2.45. The van der Waals surface area contributed by atoms with Gasteiger partial charge in [-0.15, -0.1) is 0 Å². The van der Waals surface area contributed by atoms with Crippen LogP contribution in [0.15, 0.2) is 24.4 Å². The van der Waals surface area contributed by atoms with Gasteiger partial charge in [-0.3, -0.25) is 19.1 Å². The Kier molecular flexibility index (Phi) is 8.62. The maximum atomic E-state index is 14.5. The van der Waals surface area contributed by atoms with E-state index in [0.717, 1.165) is 28.6 Å². The smallest absolute Gasteiger partial charge is 0.433 e. The molecule has 0 unspecified atom stereocenters. The number of amides is 1. The van der Waals surface area contributed by atoms with E-state index in [4.69, 9.17) is 23.2 Å². The number of ketones is 1. The minimum absolute atomic E-state index is 0.00786. The van der Waals surface area contributed by atoms with E-state index < -0.39 is 53.6 Å². The number of alkyl halides is 3. The molecule has 2 aliphatic rings. The first-order valence-corrected chi connectivity index (χ1v) is 14.0. The molecule has 40 heavy (non-hydrogen) atoms. The zero-order valence-electron chi connectivity index (χ0n) is 22.5. The molecule has 2 aromatic rings. The number of hydrogen-bond acceptors (Lipinski definition) is 4. The number of aromatic nitrogens is 2. The van der Waals surface area contributed by atoms with Crippen molar-refractivity contribution in [3.8, 4) is 0 Å². The van der Waals surface area contributed by atoms with Crippen LogP contribution in [0.4, 0.5) is 13.2 Å². The van der Waals surface area contributed by atoms with Crippen LogP contribution in [0.3, 0.4) is 0 Å². The Hall–Kier alpha value is -2.59. The quantitative estimate of drug-likeness (QED) is 0.328. The Bertz CT molecular complexity index is 1280. The van der Waals surface area contributed by atoms with Crippen molar-refractivity contribution in [2.24, 2.45) is 23.2 Å². The molecule has 0 radical (unpaired) electrons. The van der Waals surface area contributed by atoms with Gasteiger partial charge in [0.1, 0.15) is 0 Å². The van der Waals surface area contributed by atoms with E-state index in [1.54, 1.807) is 13.0 Å². The Morgan fingerprint density at radius 1 is 1.15 bits per heavy atom. The number of aliphatic carboxylic acids is 1. The Labute approximate surface area is 240 Å². The second-order valence-corrected chi connectivity index (χ2v) is 12.7. The van der Waals surface area contributed by atoms with E-state index in [1.165, 1.54) is 12.1 Å². The summed E-state index contributed by atoms with van der Waals surface area (Å²) >= 11 is 12.4. The van der Waals surface area contributed by atoms with Crippen molar-refractivity contribution >= 4 is 40.9 Å². The van der Waals surface area contributed by atoms with E-state index in [2.05, 4.69) is 18.9 Å². The van der Waals surface area contributed by atoms with Crippen LogP contribution in [0.25, 0.3) is 0 Å². The van der Waals surface area contributed by atoms with Gasteiger partial charge in [0.15, 0.2) is 11.5 Å². The molecule has 0 bridgehead atoms. The molecule has 0 saturated heterocycles. The van der Waals surface area contributed by atoms with Crippen LogP contribution < -0.4 is 0 Å². The largest absolute Gasteiger partial charge is 0.481 e. The first-order chi connectivity index (χ1) is 18.6. The molecule has 2 fully saturated rings. The number of carboxylic acid groups (broad SMARTS) is 1. The SMILES string of the molecule is C[C@@H]1C[C@@H](n2ncc(C(=O)N(CC(=O)c3c(Cl)cccc3Cl)CC3CC(C)(C)C3)c2C(F)(F)F)CC[C@@H]1C(=O)O. The summed E-state index contributed by atoms with van der Waals surface area (Å²) in [5, 5.41) is 13.6. The maximum Gasteiger partial charge on any atom is 0.433 e. The van der Waals surface area contributed by atoms with Crippen molar-refractivity contribution in [2.75, 3.05) is 13.1 Å². The van der Waals surface area contributed by atoms with Crippen LogP contribution in [0.5, 0.6) is 0 Å². The van der Waals surface area contributed by atoms with Crippen LogP contribution in [0.2, 0.25) is 10.0 Å². The van der Waals surface area contributed by atoms with Gasteiger partial charge in [-0.1, -0.05) is 50.0 Å². The van der Waals surface area contributed by atoms with Crippen LogP contribution in [-0.2, 0) is 11.0 Å². The van der Waals surface area contributed by atoms with Gasteiger partial charge in [0.2, 0.25) is 0 Å². The molecule has 1 heterocycles. The van der Waals surface area contributed by atoms with Gasteiger partial charge in [-0.05, 0) is 61.5 Å². The van der Waals surface area contributed by atoms with Gasteiger partial charge in [-0.25, -0.2) is 0 Å². The zero-order valence-corrected chi connectivity index (χ0v) is 24.0. The second-order valence-electron chi connectivity index (χ2n) is 11.9. The molecule has 12 heteroatoms. The van der Waals surface area contributed by atoms with Gasteiger partial charge in [0.05, 0.1) is 45.9 Å². The summed E-state index contributed by atoms with van der Waals surface area (Å²) in [6.45, 7) is 5.43. The molecular formula is C28H32Cl2F3N3O4. The number of carbonyl (C=O) groups is 3. The highest BCUT2D eigenvalue weighted by molar-refractivity contribution is 6.40.